The van der Waals surface area contributed by atoms with Gasteiger partial charge in [-0.25, -0.2) is 19.3 Å². The standard InChI is InChI=1S/C22H22FN7O/c1-12(14-3-4-14)20-28-18-19(25-11-26-21(18)29-20)22(31)24-8-13-5-15(7-17(23)6-13)16-9-27-30(2)10-16/h5-7,9-12,14H,3-4,8H2,1-2H3,(H,24,31)(H,25,26,28,29). The summed E-state index contributed by atoms with van der Waals surface area (Å²) in [6, 6.07) is 4.69. The number of hydrogen-bond acceptors (Lipinski definition) is 5. The summed E-state index contributed by atoms with van der Waals surface area (Å²) in [7, 11) is 1.80. The van der Waals surface area contributed by atoms with Crippen molar-refractivity contribution in [2.75, 3.05) is 0 Å². The number of aryl methyl sites for hydroxylation is 1. The van der Waals surface area contributed by atoms with Crippen LogP contribution < -0.4 is 5.32 Å². The minimum absolute atomic E-state index is 0.162. The second-order valence-electron chi connectivity index (χ2n) is 8.10. The van der Waals surface area contributed by atoms with Crippen LogP contribution in [0.4, 0.5) is 4.39 Å². The summed E-state index contributed by atoms with van der Waals surface area (Å²) in [5, 5.41) is 6.95. The number of nitrogens with one attached hydrogen (secondary N) is 2. The van der Waals surface area contributed by atoms with Gasteiger partial charge in [0.15, 0.2) is 11.3 Å². The fourth-order valence-corrected chi connectivity index (χ4v) is 3.81. The molecule has 5 rings (SSSR count). The third-order valence-electron chi connectivity index (χ3n) is 5.73. The highest BCUT2D eigenvalue weighted by Gasteiger charge is 2.31. The van der Waals surface area contributed by atoms with Crippen molar-refractivity contribution in [3.05, 3.63) is 59.8 Å². The molecule has 0 radical (unpaired) electrons. The number of carbonyl (C=O) groups is 1. The molecule has 1 amide bonds. The van der Waals surface area contributed by atoms with Crippen LogP contribution in [-0.4, -0.2) is 35.6 Å². The maximum atomic E-state index is 14.2. The van der Waals surface area contributed by atoms with E-state index < -0.39 is 0 Å². The number of nitrogens with zero attached hydrogens (tertiary/aromatic N) is 5. The molecular weight excluding hydrogens is 397 g/mol. The summed E-state index contributed by atoms with van der Waals surface area (Å²) < 4.78 is 15.8. The number of aromatic amines is 1. The van der Waals surface area contributed by atoms with E-state index in [-0.39, 0.29) is 24.0 Å². The van der Waals surface area contributed by atoms with Crippen molar-refractivity contribution in [3.8, 4) is 11.1 Å². The van der Waals surface area contributed by atoms with Gasteiger partial charge in [0, 0.05) is 31.3 Å². The number of carbonyl (C=O) groups excluding carboxylic acids is 1. The van der Waals surface area contributed by atoms with Gasteiger partial charge in [-0.2, -0.15) is 5.10 Å². The minimum Gasteiger partial charge on any atom is -0.347 e. The Morgan fingerprint density at radius 2 is 2.13 bits per heavy atom. The van der Waals surface area contributed by atoms with Gasteiger partial charge in [0.05, 0.1) is 6.20 Å². The average Bonchev–Trinajstić information content (AvgIpc) is 3.36. The molecule has 31 heavy (non-hydrogen) atoms. The lowest BCUT2D eigenvalue weighted by Crippen LogP contribution is -2.24. The first-order valence-electron chi connectivity index (χ1n) is 10.2. The van der Waals surface area contributed by atoms with Crippen molar-refractivity contribution in [1.82, 2.24) is 35.0 Å². The summed E-state index contributed by atoms with van der Waals surface area (Å²) in [4.78, 5) is 29.0. The van der Waals surface area contributed by atoms with E-state index in [0.717, 1.165) is 11.4 Å². The van der Waals surface area contributed by atoms with Gasteiger partial charge < -0.3 is 10.3 Å². The number of imidazole rings is 1. The van der Waals surface area contributed by atoms with Crippen LogP contribution in [0.1, 0.15) is 47.6 Å². The Kier molecular flexibility index (Phi) is 4.72. The molecule has 1 aromatic carbocycles. The van der Waals surface area contributed by atoms with E-state index >= 15 is 0 Å². The summed E-state index contributed by atoms with van der Waals surface area (Å²) in [5.41, 5.74) is 3.39. The Morgan fingerprint density at radius 3 is 2.87 bits per heavy atom. The van der Waals surface area contributed by atoms with Crippen LogP contribution in [0.15, 0.2) is 36.9 Å². The number of halogens is 1. The number of hydrogen-bond donors (Lipinski definition) is 2. The van der Waals surface area contributed by atoms with Crippen LogP contribution >= 0.6 is 0 Å². The fraction of sp³-hybridized carbons (Fsp3) is 0.318. The van der Waals surface area contributed by atoms with E-state index in [0.29, 0.717) is 34.1 Å². The predicted octanol–water partition coefficient (Wildman–Crippen LogP) is 3.34. The van der Waals surface area contributed by atoms with Crippen LogP contribution in [0.2, 0.25) is 0 Å². The minimum atomic E-state index is -0.373. The quantitative estimate of drug-likeness (QED) is 0.499. The molecule has 9 heteroatoms. The SMILES string of the molecule is CC(c1nc2ncnc(C(=O)NCc3cc(F)cc(-c4cnn(C)c4)c3)c2[nH]1)C1CC1. The molecule has 3 heterocycles. The van der Waals surface area contributed by atoms with Gasteiger partial charge in [0.2, 0.25) is 0 Å². The van der Waals surface area contributed by atoms with Crippen LogP contribution in [-0.2, 0) is 13.6 Å². The Balaban J connectivity index is 1.36. The first-order chi connectivity index (χ1) is 15.0. The van der Waals surface area contributed by atoms with Crippen molar-refractivity contribution >= 4 is 17.1 Å². The van der Waals surface area contributed by atoms with Crippen LogP contribution in [0.5, 0.6) is 0 Å². The number of benzene rings is 1. The van der Waals surface area contributed by atoms with E-state index in [4.69, 9.17) is 0 Å². The summed E-state index contributed by atoms with van der Waals surface area (Å²) in [6.07, 6.45) is 7.23. The smallest absolute Gasteiger partial charge is 0.272 e. The number of rotatable bonds is 6. The number of H-pyrrole nitrogens is 1. The van der Waals surface area contributed by atoms with Gasteiger partial charge >= 0.3 is 0 Å². The molecule has 0 bridgehead atoms. The number of amides is 1. The maximum Gasteiger partial charge on any atom is 0.272 e. The van der Waals surface area contributed by atoms with Crippen molar-refractivity contribution in [1.29, 1.82) is 0 Å². The second kappa shape index (κ2) is 7.57. The van der Waals surface area contributed by atoms with Crippen LogP contribution in [0, 0.1) is 11.7 Å². The highest BCUT2D eigenvalue weighted by molar-refractivity contribution is 6.02. The average molecular weight is 419 g/mol. The molecule has 0 saturated heterocycles. The van der Waals surface area contributed by atoms with E-state index in [1.807, 2.05) is 12.3 Å². The van der Waals surface area contributed by atoms with Crippen molar-refractivity contribution < 1.29 is 9.18 Å². The van der Waals surface area contributed by atoms with Gasteiger partial charge in [0.1, 0.15) is 23.5 Å². The molecule has 2 N–H and O–H groups in total. The Hall–Kier alpha value is -3.62. The van der Waals surface area contributed by atoms with E-state index in [1.54, 1.807) is 17.9 Å². The van der Waals surface area contributed by atoms with E-state index in [2.05, 4.69) is 37.3 Å². The first kappa shape index (κ1) is 19.3. The molecule has 8 nitrogen and oxygen atoms in total. The second-order valence-corrected chi connectivity index (χ2v) is 8.10. The Bertz CT molecular complexity index is 1270. The lowest BCUT2D eigenvalue weighted by Gasteiger charge is -2.08. The monoisotopic (exact) mass is 419 g/mol. The Morgan fingerprint density at radius 1 is 1.29 bits per heavy atom. The lowest BCUT2D eigenvalue weighted by molar-refractivity contribution is 0.0947. The Labute approximate surface area is 177 Å². The van der Waals surface area contributed by atoms with Gasteiger partial charge in [-0.1, -0.05) is 6.92 Å². The molecule has 158 valence electrons. The van der Waals surface area contributed by atoms with Crippen molar-refractivity contribution in [2.24, 2.45) is 13.0 Å². The van der Waals surface area contributed by atoms with E-state index in [1.165, 1.54) is 31.3 Å². The number of fused-ring (bicyclic) bond motifs is 1. The molecule has 1 unspecified atom stereocenters. The zero-order valence-electron chi connectivity index (χ0n) is 17.3. The molecular formula is C22H22FN7O. The third kappa shape index (κ3) is 3.90. The van der Waals surface area contributed by atoms with Gasteiger partial charge in [-0.3, -0.25) is 9.48 Å². The molecule has 3 aromatic heterocycles. The highest BCUT2D eigenvalue weighted by Crippen LogP contribution is 2.41. The van der Waals surface area contributed by atoms with Crippen molar-refractivity contribution in [2.45, 2.75) is 32.2 Å². The zero-order chi connectivity index (χ0) is 21.5. The highest BCUT2D eigenvalue weighted by atomic mass is 19.1. The third-order valence-corrected chi connectivity index (χ3v) is 5.73. The zero-order valence-corrected chi connectivity index (χ0v) is 17.3. The van der Waals surface area contributed by atoms with Gasteiger partial charge in [0.25, 0.3) is 5.91 Å². The normalized spacial score (nSPS) is 14.7. The molecule has 1 atom stereocenters. The number of aromatic nitrogens is 6. The molecule has 1 fully saturated rings. The van der Waals surface area contributed by atoms with Crippen LogP contribution in [0.25, 0.3) is 22.3 Å². The van der Waals surface area contributed by atoms with Crippen LogP contribution in [0.3, 0.4) is 0 Å². The first-order valence-corrected chi connectivity index (χ1v) is 10.2. The van der Waals surface area contributed by atoms with Crippen molar-refractivity contribution in [3.63, 3.8) is 0 Å². The molecule has 1 aliphatic carbocycles. The van der Waals surface area contributed by atoms with Gasteiger partial charge in [-0.05, 0) is 48.1 Å². The topological polar surface area (TPSA) is 101 Å². The fourth-order valence-electron chi connectivity index (χ4n) is 3.81. The molecule has 1 aliphatic rings. The summed E-state index contributed by atoms with van der Waals surface area (Å²) in [6.45, 7) is 2.29. The molecule has 0 aliphatic heterocycles. The molecule has 0 spiro atoms. The predicted molar refractivity (Wildman–Crippen MR) is 113 cm³/mol. The summed E-state index contributed by atoms with van der Waals surface area (Å²) in [5.74, 6) is 1.02. The molecule has 4 aromatic rings. The largest absolute Gasteiger partial charge is 0.347 e. The lowest BCUT2D eigenvalue weighted by atomic mass is 10.1. The molecule has 1 saturated carbocycles. The van der Waals surface area contributed by atoms with Gasteiger partial charge in [-0.15, -0.1) is 0 Å². The summed E-state index contributed by atoms with van der Waals surface area (Å²) >= 11 is 0. The maximum absolute atomic E-state index is 14.2. The van der Waals surface area contributed by atoms with E-state index in [9.17, 15) is 9.18 Å².